The largest absolute Gasteiger partial charge is 0.394 e. The summed E-state index contributed by atoms with van der Waals surface area (Å²) in [5.41, 5.74) is 1.13. The van der Waals surface area contributed by atoms with Gasteiger partial charge >= 0.3 is 0 Å². The topological polar surface area (TPSA) is 118 Å². The minimum atomic E-state index is -0.940. The van der Waals surface area contributed by atoms with Crippen molar-refractivity contribution < 1.29 is 19.7 Å². The van der Waals surface area contributed by atoms with Crippen molar-refractivity contribution in [1.29, 1.82) is 5.41 Å². The maximum Gasteiger partial charge on any atom is 0.176 e. The van der Waals surface area contributed by atoms with Gasteiger partial charge in [0.25, 0.3) is 0 Å². The first kappa shape index (κ1) is 14.1. The summed E-state index contributed by atoms with van der Waals surface area (Å²) < 4.78 is 14.4. The van der Waals surface area contributed by atoms with Crippen LogP contribution in [0.1, 0.15) is 6.23 Å². The Bertz CT molecular complexity index is 711. The van der Waals surface area contributed by atoms with Crippen molar-refractivity contribution in [3.63, 3.8) is 0 Å². The fraction of sp³-hybridized carbons (Fsp3) is 0.583. The van der Waals surface area contributed by atoms with Gasteiger partial charge in [0, 0.05) is 14.2 Å². The number of hydrogen-bond acceptors (Lipinski definition) is 7. The summed E-state index contributed by atoms with van der Waals surface area (Å²) in [6, 6.07) is 0. The zero-order valence-electron chi connectivity index (χ0n) is 11.7. The molecule has 3 rings (SSSR count). The van der Waals surface area contributed by atoms with Crippen LogP contribution < -0.4 is 5.49 Å². The molecule has 0 aliphatic carbocycles. The van der Waals surface area contributed by atoms with Crippen LogP contribution in [0, 0.1) is 5.41 Å². The van der Waals surface area contributed by atoms with Crippen LogP contribution in [0.4, 0.5) is 0 Å². The predicted octanol–water partition coefficient (Wildman–Crippen LogP) is -1.49. The lowest BCUT2D eigenvalue weighted by atomic mass is 10.1. The fourth-order valence-corrected chi connectivity index (χ4v) is 2.67. The SMILES string of the molecule is CO[C@@H]1[C@H](O)[C@@H](CO)O[C@H]1n1cnc2c(=N)ncn(C)c21. The van der Waals surface area contributed by atoms with Crippen LogP contribution in [0.15, 0.2) is 12.7 Å². The van der Waals surface area contributed by atoms with E-state index in [2.05, 4.69) is 9.97 Å². The number of fused-ring (bicyclic) bond motifs is 1. The number of aliphatic hydroxyl groups is 2. The molecule has 0 bridgehead atoms. The van der Waals surface area contributed by atoms with E-state index in [1.807, 2.05) is 0 Å². The third-order valence-corrected chi connectivity index (χ3v) is 3.73. The number of hydrogen-bond donors (Lipinski definition) is 3. The zero-order valence-corrected chi connectivity index (χ0v) is 11.7. The smallest absolute Gasteiger partial charge is 0.176 e. The highest BCUT2D eigenvalue weighted by molar-refractivity contribution is 5.69. The number of imidazole rings is 1. The van der Waals surface area contributed by atoms with Crippen molar-refractivity contribution in [3.8, 4) is 0 Å². The predicted molar refractivity (Wildman–Crippen MR) is 70.2 cm³/mol. The van der Waals surface area contributed by atoms with Gasteiger partial charge in [0.2, 0.25) is 0 Å². The molecule has 9 heteroatoms. The number of nitrogens with one attached hydrogen (secondary N) is 1. The quantitative estimate of drug-likeness (QED) is 0.635. The maximum absolute atomic E-state index is 10.1. The highest BCUT2D eigenvalue weighted by Gasteiger charge is 2.45. The van der Waals surface area contributed by atoms with Gasteiger partial charge in [-0.3, -0.25) is 9.98 Å². The van der Waals surface area contributed by atoms with Crippen LogP contribution in [0.2, 0.25) is 0 Å². The second kappa shape index (κ2) is 5.19. The number of methoxy groups -OCH3 is 1. The Morgan fingerprint density at radius 3 is 2.86 bits per heavy atom. The van der Waals surface area contributed by atoms with E-state index in [1.165, 1.54) is 19.8 Å². The summed E-state index contributed by atoms with van der Waals surface area (Å²) in [5.74, 6) is 0. The normalized spacial score (nSPS) is 29.3. The average Bonchev–Trinajstić information content (AvgIpc) is 3.04. The standard InChI is InChI=1S/C12H17N5O4/c1-16-4-15-10(13)7-11(16)17(5-14-7)12-9(20-2)8(19)6(3-18)21-12/h4-6,8-9,12-13,18-19H,3H2,1-2H3/t6-,8-,9-,12-/m1/s1. The highest BCUT2D eigenvalue weighted by Crippen LogP contribution is 2.32. The molecule has 9 nitrogen and oxygen atoms in total. The summed E-state index contributed by atoms with van der Waals surface area (Å²) in [4.78, 5) is 8.11. The molecule has 3 heterocycles. The van der Waals surface area contributed by atoms with Gasteiger partial charge in [-0.15, -0.1) is 0 Å². The minimum absolute atomic E-state index is 0.0630. The molecule has 2 aromatic heterocycles. The van der Waals surface area contributed by atoms with Gasteiger partial charge in [-0.1, -0.05) is 0 Å². The Labute approximate surface area is 119 Å². The monoisotopic (exact) mass is 295 g/mol. The van der Waals surface area contributed by atoms with Crippen LogP contribution >= 0.6 is 0 Å². The van der Waals surface area contributed by atoms with E-state index in [0.29, 0.717) is 11.2 Å². The van der Waals surface area contributed by atoms with Gasteiger partial charge in [0.05, 0.1) is 19.3 Å². The van der Waals surface area contributed by atoms with Crippen molar-refractivity contribution in [1.82, 2.24) is 19.1 Å². The summed E-state index contributed by atoms with van der Waals surface area (Å²) in [6.07, 6.45) is 0.0970. The Morgan fingerprint density at radius 2 is 2.19 bits per heavy atom. The van der Waals surface area contributed by atoms with Gasteiger partial charge in [-0.2, -0.15) is 0 Å². The molecule has 1 saturated heterocycles. The molecule has 114 valence electrons. The summed E-state index contributed by atoms with van der Waals surface area (Å²) in [7, 11) is 3.25. The van der Waals surface area contributed by atoms with Gasteiger partial charge in [-0.05, 0) is 0 Å². The second-order valence-corrected chi connectivity index (χ2v) is 4.97. The Kier molecular flexibility index (Phi) is 3.49. The molecule has 21 heavy (non-hydrogen) atoms. The first-order valence-corrected chi connectivity index (χ1v) is 6.48. The number of aromatic nitrogens is 4. The molecule has 1 aliphatic heterocycles. The number of aryl methyl sites for hydroxylation is 1. The summed E-state index contributed by atoms with van der Waals surface area (Å²) >= 11 is 0. The number of nitrogens with zero attached hydrogens (tertiary/aromatic N) is 4. The van der Waals surface area contributed by atoms with Crippen LogP contribution in [0.3, 0.4) is 0 Å². The van der Waals surface area contributed by atoms with E-state index in [-0.39, 0.29) is 12.1 Å². The van der Waals surface area contributed by atoms with Crippen molar-refractivity contribution >= 4 is 11.2 Å². The third-order valence-electron chi connectivity index (χ3n) is 3.73. The highest BCUT2D eigenvalue weighted by atomic mass is 16.6. The van der Waals surface area contributed by atoms with Crippen LogP contribution in [-0.4, -0.2) is 61.3 Å². The number of rotatable bonds is 3. The van der Waals surface area contributed by atoms with E-state index in [1.54, 1.807) is 16.2 Å². The van der Waals surface area contributed by atoms with Crippen molar-refractivity contribution in [2.75, 3.05) is 13.7 Å². The van der Waals surface area contributed by atoms with Gasteiger partial charge < -0.3 is 24.3 Å². The molecule has 1 fully saturated rings. The van der Waals surface area contributed by atoms with Gasteiger partial charge in [-0.25, -0.2) is 9.97 Å². The second-order valence-electron chi connectivity index (χ2n) is 4.97. The first-order chi connectivity index (χ1) is 10.1. The zero-order chi connectivity index (χ0) is 15.1. The third kappa shape index (κ3) is 2.05. The molecule has 1 aliphatic rings. The first-order valence-electron chi connectivity index (χ1n) is 6.48. The van der Waals surface area contributed by atoms with Gasteiger partial charge in [0.1, 0.15) is 29.5 Å². The molecular formula is C12H17N5O4. The van der Waals surface area contributed by atoms with Crippen molar-refractivity contribution in [2.45, 2.75) is 24.5 Å². The Hall–Kier alpha value is -1.81. The molecular weight excluding hydrogens is 278 g/mol. The molecule has 0 unspecified atom stereocenters. The van der Waals surface area contributed by atoms with E-state index >= 15 is 0 Å². The van der Waals surface area contributed by atoms with Crippen LogP contribution in [-0.2, 0) is 16.5 Å². The Balaban J connectivity index is 2.12. The van der Waals surface area contributed by atoms with Crippen LogP contribution in [0.25, 0.3) is 11.2 Å². The van der Waals surface area contributed by atoms with Crippen LogP contribution in [0.5, 0.6) is 0 Å². The average molecular weight is 295 g/mol. The molecule has 0 amide bonds. The van der Waals surface area contributed by atoms with Gasteiger partial charge in [0.15, 0.2) is 11.7 Å². The number of aliphatic hydroxyl groups excluding tert-OH is 2. The van der Waals surface area contributed by atoms with E-state index in [9.17, 15) is 10.2 Å². The van der Waals surface area contributed by atoms with Crippen molar-refractivity contribution in [2.24, 2.45) is 7.05 Å². The minimum Gasteiger partial charge on any atom is -0.394 e. The molecule has 0 saturated carbocycles. The molecule has 3 N–H and O–H groups in total. The lowest BCUT2D eigenvalue weighted by Gasteiger charge is -2.20. The van der Waals surface area contributed by atoms with E-state index in [0.717, 1.165) is 0 Å². The molecule has 0 aromatic carbocycles. The van der Waals surface area contributed by atoms with E-state index < -0.39 is 24.5 Å². The maximum atomic E-state index is 10.1. The Morgan fingerprint density at radius 1 is 1.43 bits per heavy atom. The fourth-order valence-electron chi connectivity index (χ4n) is 2.67. The molecule has 4 atom stereocenters. The lowest BCUT2D eigenvalue weighted by molar-refractivity contribution is -0.0585. The lowest BCUT2D eigenvalue weighted by Crippen LogP contribution is -2.34. The molecule has 2 aromatic rings. The summed E-state index contributed by atoms with van der Waals surface area (Å²) in [6.45, 7) is -0.304. The molecule has 0 radical (unpaired) electrons. The summed E-state index contributed by atoms with van der Waals surface area (Å²) in [5, 5.41) is 27.2. The molecule has 0 spiro atoms. The number of ether oxygens (including phenoxy) is 2. The van der Waals surface area contributed by atoms with E-state index in [4.69, 9.17) is 14.9 Å². The van der Waals surface area contributed by atoms with Crippen molar-refractivity contribution in [3.05, 3.63) is 18.1 Å².